The quantitative estimate of drug-likeness (QED) is 0.196. The number of anilines is 3. The molecule has 2 aliphatic rings. The number of cyclic esters (lactones) is 1. The number of fused-ring (bicyclic) bond motifs is 1. The third-order valence-electron chi connectivity index (χ3n) is 7.24. The fourth-order valence-electron chi connectivity index (χ4n) is 4.64. The first-order chi connectivity index (χ1) is 19.8. The summed E-state index contributed by atoms with van der Waals surface area (Å²) in [7, 11) is 0. The van der Waals surface area contributed by atoms with Crippen LogP contribution in [0.25, 0.3) is 0 Å². The molecule has 0 unspecified atom stereocenters. The number of hydrogen-bond acceptors (Lipinski definition) is 9. The molecule has 0 radical (unpaired) electrons. The Labute approximate surface area is 237 Å². The van der Waals surface area contributed by atoms with Crippen LogP contribution in [-0.4, -0.2) is 45.6 Å². The lowest BCUT2D eigenvalue weighted by molar-refractivity contribution is -0.192. The largest absolute Gasteiger partial charge is 0.451 e. The van der Waals surface area contributed by atoms with Crippen LogP contribution in [0.1, 0.15) is 64.6 Å². The third kappa shape index (κ3) is 5.44. The van der Waals surface area contributed by atoms with E-state index in [2.05, 4.69) is 20.6 Å². The van der Waals surface area contributed by atoms with Gasteiger partial charge in [0, 0.05) is 17.4 Å². The minimum atomic E-state index is -4.75. The Morgan fingerprint density at radius 2 is 1.81 bits per heavy atom. The van der Waals surface area contributed by atoms with Gasteiger partial charge in [-0.15, -0.1) is 0 Å². The number of carbonyl (C=O) groups excluding carboxylic acids is 3. The first-order valence-corrected chi connectivity index (χ1v) is 13.0. The van der Waals surface area contributed by atoms with Crippen LogP contribution in [0.2, 0.25) is 0 Å². The summed E-state index contributed by atoms with van der Waals surface area (Å²) >= 11 is 0. The minimum absolute atomic E-state index is 0.0276. The Morgan fingerprint density at radius 1 is 1.10 bits per heavy atom. The van der Waals surface area contributed by atoms with Gasteiger partial charge in [0.25, 0.3) is 11.8 Å². The van der Waals surface area contributed by atoms with Crippen molar-refractivity contribution in [3.8, 4) is 0 Å². The summed E-state index contributed by atoms with van der Waals surface area (Å²) < 4.78 is 45.3. The van der Waals surface area contributed by atoms with Crippen molar-refractivity contribution in [2.45, 2.75) is 44.5 Å². The number of alkyl halides is 3. The Bertz CT molecular complexity index is 1540. The van der Waals surface area contributed by atoms with E-state index < -0.39 is 47.6 Å². The van der Waals surface area contributed by atoms with Crippen LogP contribution in [0.3, 0.4) is 0 Å². The molecule has 1 aromatic heterocycles. The number of hydrazine groups is 1. The Kier molecular flexibility index (Phi) is 7.27. The zero-order valence-corrected chi connectivity index (χ0v) is 22.5. The molecule has 5 rings (SSSR count). The number of nitrogens with zero attached hydrogens (tertiary/aromatic N) is 2. The van der Waals surface area contributed by atoms with Gasteiger partial charge in [-0.2, -0.15) is 18.2 Å². The molecule has 0 spiro atoms. The van der Waals surface area contributed by atoms with E-state index in [4.69, 9.17) is 4.74 Å². The Hall–Kier alpha value is -4.72. The molecular weight excluding hydrogens is 557 g/mol. The molecule has 0 bridgehead atoms. The average Bonchev–Trinajstić information content (AvgIpc) is 3.74. The van der Waals surface area contributed by atoms with Crippen molar-refractivity contribution in [2.75, 3.05) is 17.2 Å². The number of benzene rings is 2. The van der Waals surface area contributed by atoms with Gasteiger partial charge in [-0.3, -0.25) is 20.4 Å². The monoisotopic (exact) mass is 584 g/mol. The van der Waals surface area contributed by atoms with E-state index >= 15 is 0 Å². The summed E-state index contributed by atoms with van der Waals surface area (Å²) in [5, 5.41) is 16.0. The van der Waals surface area contributed by atoms with Crippen molar-refractivity contribution in [3.63, 3.8) is 0 Å². The molecule has 2 aromatic carbocycles. The molecule has 1 aliphatic carbocycles. The number of hydrogen-bond donors (Lipinski definition) is 5. The van der Waals surface area contributed by atoms with Crippen molar-refractivity contribution in [1.82, 2.24) is 20.8 Å². The molecule has 2 heterocycles. The Morgan fingerprint density at radius 3 is 2.45 bits per heavy atom. The normalized spacial score (nSPS) is 17.0. The number of ether oxygens (including phenoxy) is 1. The standard InChI is InChI=1S/C28H27F3N6O5/c1-26(2)19-12-16(8-9-17(19)23(40)42-26)33-25-32-13-18(21(35-25)34-20(14-38)15-6-4-3-5-7-15)22(39)36-37-24(41)27(10-11-27)28(29,30)31/h3-9,12-13,20,38H,10-11,14H2,1-2H3,(H,36,39)(H,37,41)(H2,32,33,34,35)/t20-/m1/s1. The number of rotatable bonds is 8. The van der Waals surface area contributed by atoms with Gasteiger partial charge in [-0.25, -0.2) is 9.78 Å². The molecule has 2 amide bonds. The molecule has 5 N–H and O–H groups in total. The van der Waals surface area contributed by atoms with Gasteiger partial charge in [-0.1, -0.05) is 30.3 Å². The number of aliphatic hydroxyl groups is 1. The highest BCUT2D eigenvalue weighted by molar-refractivity contribution is 6.00. The van der Waals surface area contributed by atoms with E-state index in [1.54, 1.807) is 62.4 Å². The highest BCUT2D eigenvalue weighted by Gasteiger charge is 2.68. The molecule has 11 nitrogen and oxygen atoms in total. The van der Waals surface area contributed by atoms with E-state index in [1.165, 1.54) is 0 Å². The van der Waals surface area contributed by atoms with Crippen LogP contribution in [0.5, 0.6) is 0 Å². The summed E-state index contributed by atoms with van der Waals surface area (Å²) in [5.74, 6) is -2.82. The van der Waals surface area contributed by atoms with Gasteiger partial charge in [0.2, 0.25) is 5.95 Å². The van der Waals surface area contributed by atoms with Crippen molar-refractivity contribution < 1.29 is 37.4 Å². The fourth-order valence-corrected chi connectivity index (χ4v) is 4.64. The number of nitrogens with one attached hydrogen (secondary N) is 4. The lowest BCUT2D eigenvalue weighted by Gasteiger charge is -2.21. The number of aromatic nitrogens is 2. The molecular formula is C28H27F3N6O5. The second-order valence-electron chi connectivity index (χ2n) is 10.5. The predicted molar refractivity (Wildman–Crippen MR) is 143 cm³/mol. The maximum atomic E-state index is 13.3. The molecule has 1 aliphatic heterocycles. The van der Waals surface area contributed by atoms with E-state index in [1.807, 2.05) is 10.9 Å². The van der Waals surface area contributed by atoms with Crippen molar-refractivity contribution >= 4 is 35.2 Å². The summed E-state index contributed by atoms with van der Waals surface area (Å²) in [6, 6.07) is 13.0. The average molecular weight is 585 g/mol. The highest BCUT2D eigenvalue weighted by Crippen LogP contribution is 2.57. The lowest BCUT2D eigenvalue weighted by Crippen LogP contribution is -2.49. The van der Waals surface area contributed by atoms with Crippen LogP contribution in [0.4, 0.5) is 30.6 Å². The first-order valence-electron chi connectivity index (χ1n) is 13.0. The van der Waals surface area contributed by atoms with Gasteiger partial charge in [0.05, 0.1) is 18.2 Å². The summed E-state index contributed by atoms with van der Waals surface area (Å²) in [4.78, 5) is 45.9. The van der Waals surface area contributed by atoms with E-state index in [0.717, 1.165) is 6.20 Å². The maximum Gasteiger partial charge on any atom is 0.403 e. The zero-order valence-electron chi connectivity index (χ0n) is 22.5. The molecule has 1 saturated carbocycles. The van der Waals surface area contributed by atoms with Crippen LogP contribution in [-0.2, 0) is 15.1 Å². The smallest absolute Gasteiger partial charge is 0.403 e. The summed E-state index contributed by atoms with van der Waals surface area (Å²) in [6.45, 7) is 3.11. The van der Waals surface area contributed by atoms with Crippen molar-refractivity contribution in [3.05, 3.63) is 77.0 Å². The minimum Gasteiger partial charge on any atom is -0.451 e. The summed E-state index contributed by atoms with van der Waals surface area (Å²) in [5.41, 5.74) is 2.55. The number of amides is 2. The first kappa shape index (κ1) is 28.8. The zero-order chi connectivity index (χ0) is 30.3. The van der Waals surface area contributed by atoms with Crippen LogP contribution < -0.4 is 21.5 Å². The SMILES string of the molecule is CC1(C)OC(=O)c2ccc(Nc3ncc(C(=O)NNC(=O)C4(C(F)(F)F)CC4)c(N[C@H](CO)c4ccccc4)n3)cc21. The van der Waals surface area contributed by atoms with E-state index in [0.29, 0.717) is 22.4 Å². The van der Waals surface area contributed by atoms with Crippen LogP contribution >= 0.6 is 0 Å². The number of esters is 1. The van der Waals surface area contributed by atoms with Crippen molar-refractivity contribution in [1.29, 1.82) is 0 Å². The molecule has 1 fully saturated rings. The van der Waals surface area contributed by atoms with Crippen molar-refractivity contribution in [2.24, 2.45) is 5.41 Å². The molecule has 220 valence electrons. The second kappa shape index (κ2) is 10.6. The summed E-state index contributed by atoms with van der Waals surface area (Å²) in [6.07, 6.45) is -4.37. The molecule has 0 saturated heterocycles. The highest BCUT2D eigenvalue weighted by atomic mass is 19.4. The lowest BCUT2D eigenvalue weighted by atomic mass is 9.95. The predicted octanol–water partition coefficient (Wildman–Crippen LogP) is 3.87. The maximum absolute atomic E-state index is 13.3. The van der Waals surface area contributed by atoms with E-state index in [9.17, 15) is 32.7 Å². The number of halogens is 3. The number of carbonyl (C=O) groups is 3. The molecule has 3 aromatic rings. The molecule has 42 heavy (non-hydrogen) atoms. The molecule has 1 atom stereocenters. The fraction of sp³-hybridized carbons (Fsp3) is 0.321. The van der Waals surface area contributed by atoms with Gasteiger partial charge in [-0.05, 0) is 50.5 Å². The van der Waals surface area contributed by atoms with Crippen LogP contribution in [0.15, 0.2) is 54.7 Å². The van der Waals surface area contributed by atoms with Crippen LogP contribution in [0, 0.1) is 5.41 Å². The van der Waals surface area contributed by atoms with E-state index in [-0.39, 0.29) is 30.2 Å². The van der Waals surface area contributed by atoms with Gasteiger partial charge >= 0.3 is 12.1 Å². The second-order valence-corrected chi connectivity index (χ2v) is 10.5. The topological polar surface area (TPSA) is 155 Å². The number of aliphatic hydroxyl groups excluding tert-OH is 1. The third-order valence-corrected chi connectivity index (χ3v) is 7.24. The van der Waals surface area contributed by atoms with Gasteiger partial charge in [0.15, 0.2) is 0 Å². The van der Waals surface area contributed by atoms with Gasteiger partial charge in [0.1, 0.15) is 22.4 Å². The molecule has 14 heteroatoms. The van der Waals surface area contributed by atoms with Gasteiger partial charge < -0.3 is 20.5 Å². The Balaban J connectivity index is 1.41.